The van der Waals surface area contributed by atoms with Crippen LogP contribution in [0, 0.1) is 0 Å². The van der Waals surface area contributed by atoms with Crippen molar-refractivity contribution in [2.24, 2.45) is 0 Å². The van der Waals surface area contributed by atoms with Gasteiger partial charge < -0.3 is 4.98 Å². The highest BCUT2D eigenvalue weighted by atomic mass is 35.5. The van der Waals surface area contributed by atoms with Crippen LogP contribution in [-0.2, 0) is 0 Å². The lowest BCUT2D eigenvalue weighted by Gasteiger charge is -2.00. The first-order valence-electron chi connectivity index (χ1n) is 5.57. The van der Waals surface area contributed by atoms with Crippen molar-refractivity contribution in [3.8, 4) is 0 Å². The highest BCUT2D eigenvalue weighted by Gasteiger charge is 2.03. The summed E-state index contributed by atoms with van der Waals surface area (Å²) in [4.78, 5) is 11.9. The number of hydrogen-bond acceptors (Lipinski definition) is 2. The van der Waals surface area contributed by atoms with Gasteiger partial charge in [0.1, 0.15) is 5.69 Å². The van der Waals surface area contributed by atoms with E-state index in [9.17, 15) is 0 Å². The van der Waals surface area contributed by atoms with E-state index in [2.05, 4.69) is 15.0 Å². The van der Waals surface area contributed by atoms with Gasteiger partial charge in [0.05, 0.1) is 11.0 Å². The van der Waals surface area contributed by atoms with Crippen molar-refractivity contribution in [1.29, 1.82) is 0 Å². The Morgan fingerprint density at radius 1 is 0.944 bits per heavy atom. The van der Waals surface area contributed by atoms with Gasteiger partial charge in [0.25, 0.3) is 0 Å². The summed E-state index contributed by atoms with van der Waals surface area (Å²) in [5.41, 5.74) is 3.32. The largest absolute Gasteiger partial charge is 0.362 e. The number of benzene rings is 1. The Morgan fingerprint density at radius 2 is 1.72 bits per heavy atom. The summed E-state index contributed by atoms with van der Waals surface area (Å²) >= 11 is 6.11. The molecular weight excluding hydrogens is 246 g/mol. The molecule has 3 nitrogen and oxygen atoms in total. The zero-order valence-corrected chi connectivity index (χ0v) is 10.2. The molecule has 2 aromatic heterocycles. The number of rotatable bonds is 2. The Kier molecular flexibility index (Phi) is 2.82. The predicted octanol–water partition coefficient (Wildman–Crippen LogP) is 3.78. The molecule has 0 aliphatic rings. The van der Waals surface area contributed by atoms with Gasteiger partial charge in [-0.1, -0.05) is 23.7 Å². The minimum atomic E-state index is 0.413. The second-order valence-corrected chi connectivity index (χ2v) is 4.21. The normalized spacial score (nSPS) is 11.4. The van der Waals surface area contributed by atoms with Crippen LogP contribution in [0.1, 0.15) is 11.4 Å². The Morgan fingerprint density at radius 3 is 2.44 bits per heavy atom. The van der Waals surface area contributed by atoms with E-state index in [-0.39, 0.29) is 0 Å². The number of para-hydroxylation sites is 2. The van der Waals surface area contributed by atoms with Gasteiger partial charge in [-0.3, -0.25) is 0 Å². The fraction of sp³-hybridized carbons (Fsp3) is 0. The van der Waals surface area contributed by atoms with E-state index >= 15 is 0 Å². The quantitative estimate of drug-likeness (QED) is 0.757. The highest BCUT2D eigenvalue weighted by Crippen LogP contribution is 2.18. The van der Waals surface area contributed by atoms with Crippen molar-refractivity contribution >= 4 is 34.8 Å². The first-order valence-corrected chi connectivity index (χ1v) is 5.94. The summed E-state index contributed by atoms with van der Waals surface area (Å²) in [6, 6.07) is 11.6. The van der Waals surface area contributed by atoms with Gasteiger partial charge in [-0.15, -0.1) is 0 Å². The topological polar surface area (TPSA) is 41.6 Å². The summed E-state index contributed by atoms with van der Waals surface area (Å²) in [5.74, 6) is 0. The molecule has 1 aromatic carbocycles. The predicted molar refractivity (Wildman–Crippen MR) is 74.3 cm³/mol. The van der Waals surface area contributed by atoms with Crippen LogP contribution in [0.3, 0.4) is 0 Å². The van der Waals surface area contributed by atoms with Crippen molar-refractivity contribution in [2.75, 3.05) is 0 Å². The molecule has 0 saturated heterocycles. The monoisotopic (exact) mass is 255 g/mol. The molecule has 4 heteroatoms. The smallest absolute Gasteiger partial charge is 0.155 e. The Bertz CT molecular complexity index is 702. The minimum Gasteiger partial charge on any atom is -0.362 e. The summed E-state index contributed by atoms with van der Waals surface area (Å²) in [7, 11) is 0. The molecule has 0 spiro atoms. The number of halogens is 1. The second-order valence-electron chi connectivity index (χ2n) is 3.85. The van der Waals surface area contributed by atoms with Crippen LogP contribution in [0.25, 0.3) is 23.2 Å². The van der Waals surface area contributed by atoms with E-state index in [1.54, 1.807) is 0 Å². The van der Waals surface area contributed by atoms with Crippen LogP contribution in [0.2, 0.25) is 5.15 Å². The molecule has 18 heavy (non-hydrogen) atoms. The number of nitrogens with zero attached hydrogens (tertiary/aromatic N) is 2. The molecule has 0 bridgehead atoms. The number of fused-ring (bicyclic) bond motifs is 1. The highest BCUT2D eigenvalue weighted by molar-refractivity contribution is 6.31. The van der Waals surface area contributed by atoms with E-state index in [0.29, 0.717) is 10.8 Å². The van der Waals surface area contributed by atoms with E-state index in [1.165, 1.54) is 0 Å². The average Bonchev–Trinajstić information content (AvgIpc) is 2.89. The van der Waals surface area contributed by atoms with Gasteiger partial charge in [0.2, 0.25) is 0 Å². The molecule has 88 valence electrons. The van der Waals surface area contributed by atoms with E-state index in [4.69, 9.17) is 11.6 Å². The summed E-state index contributed by atoms with van der Waals surface area (Å²) in [6.07, 6.45) is 5.64. The van der Waals surface area contributed by atoms with Crippen molar-refractivity contribution in [3.63, 3.8) is 0 Å². The molecule has 0 aliphatic heterocycles. The molecular formula is C14H10ClN3. The Balaban J connectivity index is 2.04. The average molecular weight is 256 g/mol. The van der Waals surface area contributed by atoms with Crippen LogP contribution in [0.15, 0.2) is 42.6 Å². The zero-order valence-electron chi connectivity index (χ0n) is 9.47. The maximum atomic E-state index is 6.11. The summed E-state index contributed by atoms with van der Waals surface area (Å²) in [6.45, 7) is 0. The first-order chi connectivity index (χ1) is 8.83. The van der Waals surface area contributed by atoms with Crippen molar-refractivity contribution < 1.29 is 0 Å². The molecule has 2 heterocycles. The second kappa shape index (κ2) is 4.63. The fourth-order valence-electron chi connectivity index (χ4n) is 1.71. The lowest BCUT2D eigenvalue weighted by atomic mass is 10.3. The van der Waals surface area contributed by atoms with Gasteiger partial charge in [-0.25, -0.2) is 9.97 Å². The van der Waals surface area contributed by atoms with Gasteiger partial charge in [0, 0.05) is 11.9 Å². The molecule has 0 unspecified atom stereocenters. The number of aromatic amines is 1. The van der Waals surface area contributed by atoms with Crippen molar-refractivity contribution in [1.82, 2.24) is 15.0 Å². The Hall–Kier alpha value is -2.13. The van der Waals surface area contributed by atoms with Gasteiger partial charge in [-0.05, 0) is 36.4 Å². The number of nitrogens with one attached hydrogen (secondary N) is 1. The third-order valence-corrected chi connectivity index (χ3v) is 2.87. The number of H-pyrrole nitrogens is 1. The molecule has 0 saturated carbocycles. The van der Waals surface area contributed by atoms with E-state index in [1.807, 2.05) is 54.7 Å². The summed E-state index contributed by atoms with van der Waals surface area (Å²) in [5, 5.41) is 0.413. The SMILES string of the molecule is Clc1nc2ccccc2nc1/C=C\c1ccc[nH]1. The van der Waals surface area contributed by atoms with Gasteiger partial charge in [0.15, 0.2) is 5.15 Å². The third kappa shape index (κ3) is 2.13. The maximum absolute atomic E-state index is 6.11. The van der Waals surface area contributed by atoms with Crippen LogP contribution in [-0.4, -0.2) is 15.0 Å². The van der Waals surface area contributed by atoms with Crippen LogP contribution < -0.4 is 0 Å². The molecule has 0 fully saturated rings. The third-order valence-electron chi connectivity index (χ3n) is 2.60. The molecule has 0 radical (unpaired) electrons. The molecule has 0 aliphatic carbocycles. The minimum absolute atomic E-state index is 0.413. The van der Waals surface area contributed by atoms with E-state index in [0.717, 1.165) is 16.7 Å². The van der Waals surface area contributed by atoms with Crippen molar-refractivity contribution in [3.05, 3.63) is 59.1 Å². The van der Waals surface area contributed by atoms with Crippen LogP contribution in [0.5, 0.6) is 0 Å². The number of aromatic nitrogens is 3. The first kappa shape index (κ1) is 11.0. The fourth-order valence-corrected chi connectivity index (χ4v) is 1.91. The van der Waals surface area contributed by atoms with Crippen LogP contribution >= 0.6 is 11.6 Å². The summed E-state index contributed by atoms with van der Waals surface area (Å²) < 4.78 is 0. The van der Waals surface area contributed by atoms with Gasteiger partial charge >= 0.3 is 0 Å². The molecule has 1 N–H and O–H groups in total. The molecule has 3 aromatic rings. The zero-order chi connectivity index (χ0) is 12.4. The molecule has 0 atom stereocenters. The lowest BCUT2D eigenvalue weighted by Crippen LogP contribution is -1.89. The standard InChI is InChI=1S/C14H10ClN3/c15-14-13(8-7-10-4-3-9-16-10)17-11-5-1-2-6-12(11)18-14/h1-9,16H/b8-7-. The van der Waals surface area contributed by atoms with E-state index < -0.39 is 0 Å². The maximum Gasteiger partial charge on any atom is 0.155 e. The number of hydrogen-bond donors (Lipinski definition) is 1. The lowest BCUT2D eigenvalue weighted by molar-refractivity contribution is 1.27. The molecule has 0 amide bonds. The van der Waals surface area contributed by atoms with Gasteiger partial charge in [-0.2, -0.15) is 0 Å². The molecule has 3 rings (SSSR count). The van der Waals surface area contributed by atoms with Crippen molar-refractivity contribution in [2.45, 2.75) is 0 Å². The van der Waals surface area contributed by atoms with Crippen LogP contribution in [0.4, 0.5) is 0 Å². The Labute approximate surface area is 109 Å².